The minimum absolute atomic E-state index is 0.0353. The van der Waals surface area contributed by atoms with Crippen molar-refractivity contribution in [2.45, 2.75) is 6.54 Å². The molecule has 0 radical (unpaired) electrons. The van der Waals surface area contributed by atoms with E-state index < -0.39 is 5.97 Å². The molecule has 6 heteroatoms. The number of carboxylic acid groups (broad SMARTS) is 1. The Morgan fingerprint density at radius 1 is 1.45 bits per heavy atom. The monoisotopic (exact) mass is 273 g/mol. The van der Waals surface area contributed by atoms with E-state index in [1.807, 2.05) is 24.3 Å². The first-order valence-corrected chi connectivity index (χ1v) is 5.96. The average molecular weight is 273 g/mol. The number of hydrogen-bond acceptors (Lipinski definition) is 5. The van der Waals surface area contributed by atoms with Crippen molar-refractivity contribution in [3.63, 3.8) is 0 Å². The van der Waals surface area contributed by atoms with Gasteiger partial charge in [-0.15, -0.1) is 0 Å². The van der Waals surface area contributed by atoms with Gasteiger partial charge >= 0.3 is 5.97 Å². The van der Waals surface area contributed by atoms with Crippen molar-refractivity contribution in [3.8, 4) is 5.75 Å². The van der Waals surface area contributed by atoms with Gasteiger partial charge in [0.2, 0.25) is 0 Å². The number of aromatic nitrogens is 1. The SMILES string of the molecule is COc1cccc(CNc2nccc(C(=O)O)c2N)c1. The van der Waals surface area contributed by atoms with Crippen molar-refractivity contribution < 1.29 is 14.6 Å². The fourth-order valence-corrected chi connectivity index (χ4v) is 1.77. The zero-order valence-electron chi connectivity index (χ0n) is 11.0. The van der Waals surface area contributed by atoms with Crippen LogP contribution in [0.4, 0.5) is 11.5 Å². The van der Waals surface area contributed by atoms with Crippen LogP contribution in [0.1, 0.15) is 15.9 Å². The van der Waals surface area contributed by atoms with Crippen LogP contribution < -0.4 is 15.8 Å². The number of aromatic carboxylic acids is 1. The molecule has 0 spiro atoms. The van der Waals surface area contributed by atoms with E-state index in [1.165, 1.54) is 12.3 Å². The molecular formula is C14H15N3O3. The number of anilines is 2. The summed E-state index contributed by atoms with van der Waals surface area (Å²) >= 11 is 0. The molecule has 1 heterocycles. The second-order valence-electron chi connectivity index (χ2n) is 4.13. The Kier molecular flexibility index (Phi) is 4.05. The molecular weight excluding hydrogens is 258 g/mol. The number of carboxylic acids is 1. The van der Waals surface area contributed by atoms with E-state index in [0.29, 0.717) is 12.4 Å². The minimum atomic E-state index is -1.07. The standard InChI is InChI=1S/C14H15N3O3/c1-20-10-4-2-3-9(7-10)8-17-13-12(15)11(14(18)19)5-6-16-13/h2-7H,8,15H2,1H3,(H,16,17)(H,18,19). The maximum Gasteiger partial charge on any atom is 0.337 e. The van der Waals surface area contributed by atoms with Crippen LogP contribution in [0.25, 0.3) is 0 Å². The maximum absolute atomic E-state index is 11.0. The molecule has 4 N–H and O–H groups in total. The van der Waals surface area contributed by atoms with E-state index in [2.05, 4.69) is 10.3 Å². The third-order valence-corrected chi connectivity index (χ3v) is 2.81. The average Bonchev–Trinajstić information content (AvgIpc) is 2.46. The summed E-state index contributed by atoms with van der Waals surface area (Å²) in [5.74, 6) is 0.0339. The summed E-state index contributed by atoms with van der Waals surface area (Å²) in [6.07, 6.45) is 1.41. The molecule has 0 amide bonds. The molecule has 1 aromatic carbocycles. The summed E-state index contributed by atoms with van der Waals surface area (Å²) in [5.41, 5.74) is 6.91. The van der Waals surface area contributed by atoms with Crippen LogP contribution in [-0.4, -0.2) is 23.2 Å². The lowest BCUT2D eigenvalue weighted by atomic mass is 10.2. The Bertz CT molecular complexity index is 629. The molecule has 0 atom stereocenters. The van der Waals surface area contributed by atoms with Crippen LogP contribution in [0.2, 0.25) is 0 Å². The lowest BCUT2D eigenvalue weighted by Gasteiger charge is -2.10. The maximum atomic E-state index is 11.0. The van der Waals surface area contributed by atoms with Gasteiger partial charge in [0.05, 0.1) is 18.4 Å². The normalized spacial score (nSPS) is 10.1. The summed E-state index contributed by atoms with van der Waals surface area (Å²) in [5, 5.41) is 12.0. The first-order chi connectivity index (χ1) is 9.61. The molecule has 104 valence electrons. The number of rotatable bonds is 5. The van der Waals surface area contributed by atoms with Crippen LogP contribution in [0.15, 0.2) is 36.5 Å². The molecule has 2 aromatic rings. The third kappa shape index (κ3) is 2.97. The zero-order chi connectivity index (χ0) is 14.5. The van der Waals surface area contributed by atoms with Gasteiger partial charge in [-0.05, 0) is 23.8 Å². The molecule has 20 heavy (non-hydrogen) atoms. The summed E-state index contributed by atoms with van der Waals surface area (Å²) < 4.78 is 5.14. The largest absolute Gasteiger partial charge is 0.497 e. The minimum Gasteiger partial charge on any atom is -0.497 e. The Morgan fingerprint density at radius 2 is 2.25 bits per heavy atom. The van der Waals surface area contributed by atoms with Crippen molar-refractivity contribution in [3.05, 3.63) is 47.7 Å². The van der Waals surface area contributed by atoms with Gasteiger partial charge in [0.15, 0.2) is 0 Å². The number of pyridine rings is 1. The number of carbonyl (C=O) groups is 1. The zero-order valence-corrected chi connectivity index (χ0v) is 11.0. The van der Waals surface area contributed by atoms with E-state index in [1.54, 1.807) is 7.11 Å². The summed E-state index contributed by atoms with van der Waals surface area (Å²) in [4.78, 5) is 15.0. The van der Waals surface area contributed by atoms with E-state index in [9.17, 15) is 4.79 Å². The van der Waals surface area contributed by atoms with Gasteiger partial charge in [-0.2, -0.15) is 0 Å². The van der Waals surface area contributed by atoms with Crippen molar-refractivity contribution in [1.82, 2.24) is 4.98 Å². The number of benzene rings is 1. The first kappa shape index (κ1) is 13.7. The van der Waals surface area contributed by atoms with Crippen LogP contribution in [0.5, 0.6) is 5.75 Å². The Balaban J connectivity index is 2.14. The number of nitrogens with one attached hydrogen (secondary N) is 1. The van der Waals surface area contributed by atoms with Crippen LogP contribution >= 0.6 is 0 Å². The molecule has 2 rings (SSSR count). The molecule has 0 fully saturated rings. The van der Waals surface area contributed by atoms with Gasteiger partial charge < -0.3 is 20.9 Å². The summed E-state index contributed by atoms with van der Waals surface area (Å²) in [7, 11) is 1.60. The number of nitrogens with two attached hydrogens (primary N) is 1. The van der Waals surface area contributed by atoms with E-state index in [4.69, 9.17) is 15.6 Å². The van der Waals surface area contributed by atoms with Gasteiger partial charge in [-0.1, -0.05) is 12.1 Å². The summed E-state index contributed by atoms with van der Waals surface area (Å²) in [6, 6.07) is 8.90. The highest BCUT2D eigenvalue weighted by Crippen LogP contribution is 2.21. The Hall–Kier alpha value is -2.76. The predicted molar refractivity (Wildman–Crippen MR) is 75.9 cm³/mol. The molecule has 0 aliphatic carbocycles. The van der Waals surface area contributed by atoms with Gasteiger partial charge in [0, 0.05) is 12.7 Å². The lowest BCUT2D eigenvalue weighted by Crippen LogP contribution is -2.09. The molecule has 0 aliphatic rings. The molecule has 0 unspecified atom stereocenters. The Morgan fingerprint density at radius 3 is 2.95 bits per heavy atom. The van der Waals surface area contributed by atoms with Crippen molar-refractivity contribution in [2.24, 2.45) is 0 Å². The topological polar surface area (TPSA) is 97.5 Å². The van der Waals surface area contributed by atoms with Crippen LogP contribution in [0.3, 0.4) is 0 Å². The highest BCUT2D eigenvalue weighted by Gasteiger charge is 2.11. The number of ether oxygens (including phenoxy) is 1. The van der Waals surface area contributed by atoms with Gasteiger partial charge in [-0.3, -0.25) is 0 Å². The fourth-order valence-electron chi connectivity index (χ4n) is 1.77. The molecule has 0 saturated heterocycles. The van der Waals surface area contributed by atoms with Crippen LogP contribution in [0, 0.1) is 0 Å². The highest BCUT2D eigenvalue weighted by molar-refractivity contribution is 5.96. The highest BCUT2D eigenvalue weighted by atomic mass is 16.5. The third-order valence-electron chi connectivity index (χ3n) is 2.81. The van der Waals surface area contributed by atoms with Gasteiger partial charge in [0.1, 0.15) is 11.6 Å². The molecule has 0 bridgehead atoms. The number of nitrogens with zero attached hydrogens (tertiary/aromatic N) is 1. The molecule has 1 aromatic heterocycles. The number of nitrogen functional groups attached to an aromatic ring is 1. The quantitative estimate of drug-likeness (QED) is 0.770. The van der Waals surface area contributed by atoms with Crippen molar-refractivity contribution >= 4 is 17.5 Å². The first-order valence-electron chi connectivity index (χ1n) is 5.96. The smallest absolute Gasteiger partial charge is 0.337 e. The predicted octanol–water partition coefficient (Wildman–Crippen LogP) is 1.98. The fraction of sp³-hybridized carbons (Fsp3) is 0.143. The number of hydrogen-bond donors (Lipinski definition) is 3. The van der Waals surface area contributed by atoms with Crippen molar-refractivity contribution in [2.75, 3.05) is 18.2 Å². The van der Waals surface area contributed by atoms with Gasteiger partial charge in [0.25, 0.3) is 0 Å². The molecule has 0 aliphatic heterocycles. The second kappa shape index (κ2) is 5.92. The van der Waals surface area contributed by atoms with Crippen molar-refractivity contribution in [1.29, 1.82) is 0 Å². The van der Waals surface area contributed by atoms with E-state index in [-0.39, 0.29) is 11.3 Å². The number of methoxy groups -OCH3 is 1. The second-order valence-corrected chi connectivity index (χ2v) is 4.13. The molecule has 0 saturated carbocycles. The van der Waals surface area contributed by atoms with E-state index >= 15 is 0 Å². The Labute approximate surface area is 116 Å². The molecule has 6 nitrogen and oxygen atoms in total. The van der Waals surface area contributed by atoms with Crippen LogP contribution in [-0.2, 0) is 6.54 Å². The van der Waals surface area contributed by atoms with E-state index in [0.717, 1.165) is 11.3 Å². The lowest BCUT2D eigenvalue weighted by molar-refractivity contribution is 0.0698. The summed E-state index contributed by atoms with van der Waals surface area (Å²) in [6.45, 7) is 0.470. The van der Waals surface area contributed by atoms with Gasteiger partial charge in [-0.25, -0.2) is 9.78 Å².